The summed E-state index contributed by atoms with van der Waals surface area (Å²) in [6.45, 7) is 3.42. The first-order valence-electron chi connectivity index (χ1n) is 10.8. The van der Waals surface area contributed by atoms with E-state index >= 15 is 0 Å². The highest BCUT2D eigenvalue weighted by Gasteiger charge is 2.35. The molecule has 0 saturated carbocycles. The Kier molecular flexibility index (Phi) is 5.17. The van der Waals surface area contributed by atoms with Gasteiger partial charge < -0.3 is 15.4 Å². The molecule has 2 aromatic heterocycles. The fourth-order valence-corrected chi connectivity index (χ4v) is 4.34. The first kappa shape index (κ1) is 22.7. The summed E-state index contributed by atoms with van der Waals surface area (Å²) in [5.41, 5.74) is 2.98. The van der Waals surface area contributed by atoms with E-state index in [-0.39, 0.29) is 5.91 Å². The molecule has 2 N–H and O–H groups in total. The highest BCUT2D eigenvalue weighted by molar-refractivity contribution is 7.92. The van der Waals surface area contributed by atoms with Gasteiger partial charge in [0.1, 0.15) is 5.75 Å². The molecule has 2 aromatic carbocycles. The summed E-state index contributed by atoms with van der Waals surface area (Å²) in [6.07, 6.45) is 2.84. The van der Waals surface area contributed by atoms with E-state index in [0.29, 0.717) is 40.0 Å². The van der Waals surface area contributed by atoms with Gasteiger partial charge in [-0.05, 0) is 50.2 Å². The molecule has 0 spiro atoms. The molecule has 1 aliphatic heterocycles. The summed E-state index contributed by atoms with van der Waals surface area (Å²) in [5.74, 6) is 0.678. The SMILES string of the molecule is CN(c1ccccc1-c1ccc2cnc(Nc3ccc4c(c3)NC(=O)C(C)(C)O4)nn12)S(C)(=O)=O. The Hall–Kier alpha value is -4.12. The summed E-state index contributed by atoms with van der Waals surface area (Å²) in [4.78, 5) is 16.6. The number of carbonyl (C=O) groups excluding carboxylic acids is 1. The van der Waals surface area contributed by atoms with Crippen molar-refractivity contribution in [2.24, 2.45) is 0 Å². The Labute approximate surface area is 202 Å². The minimum absolute atomic E-state index is 0.227. The fourth-order valence-electron chi connectivity index (χ4n) is 3.82. The maximum Gasteiger partial charge on any atom is 0.268 e. The molecule has 4 aromatic rings. The standard InChI is InChI=1S/C24H24N6O4S/c1-24(2)22(31)27-18-13-15(9-12-21(18)34-24)26-23-25-14-16-10-11-20(30(16)28-23)17-7-5-6-8-19(17)29(3)35(4,32)33/h5-14H,1-4H3,(H,26,28)(H,27,31). The first-order chi connectivity index (χ1) is 16.5. The second-order valence-corrected chi connectivity index (χ2v) is 10.8. The summed E-state index contributed by atoms with van der Waals surface area (Å²) >= 11 is 0. The van der Waals surface area contributed by atoms with E-state index in [4.69, 9.17) is 4.74 Å². The van der Waals surface area contributed by atoms with E-state index in [0.717, 1.165) is 11.8 Å². The number of sulfonamides is 1. The number of anilines is 4. The van der Waals surface area contributed by atoms with Crippen molar-refractivity contribution < 1.29 is 17.9 Å². The lowest BCUT2D eigenvalue weighted by molar-refractivity contribution is -0.129. The predicted molar refractivity (Wildman–Crippen MR) is 135 cm³/mol. The Morgan fingerprint density at radius 1 is 1.11 bits per heavy atom. The van der Waals surface area contributed by atoms with Crippen LogP contribution in [0.15, 0.2) is 60.8 Å². The molecule has 1 aliphatic rings. The molecular weight excluding hydrogens is 468 g/mol. The third-order valence-corrected chi connectivity index (χ3v) is 7.00. The van der Waals surface area contributed by atoms with E-state index in [1.165, 1.54) is 11.4 Å². The summed E-state index contributed by atoms with van der Waals surface area (Å²) in [7, 11) is -1.93. The molecule has 0 bridgehead atoms. The highest BCUT2D eigenvalue weighted by Crippen LogP contribution is 2.36. The number of ether oxygens (including phenoxy) is 1. The van der Waals surface area contributed by atoms with E-state index in [9.17, 15) is 13.2 Å². The Morgan fingerprint density at radius 2 is 1.89 bits per heavy atom. The Morgan fingerprint density at radius 3 is 2.66 bits per heavy atom. The van der Waals surface area contributed by atoms with Crippen LogP contribution in [0.25, 0.3) is 16.8 Å². The number of hydrogen-bond acceptors (Lipinski definition) is 7. The van der Waals surface area contributed by atoms with Crippen molar-refractivity contribution in [3.05, 3.63) is 60.8 Å². The smallest absolute Gasteiger partial charge is 0.268 e. The van der Waals surface area contributed by atoms with Crippen molar-refractivity contribution >= 4 is 44.5 Å². The van der Waals surface area contributed by atoms with Crippen LogP contribution in [0.4, 0.5) is 23.0 Å². The zero-order valence-electron chi connectivity index (χ0n) is 19.6. The second kappa shape index (κ2) is 7.98. The van der Waals surface area contributed by atoms with E-state index in [2.05, 4.69) is 20.7 Å². The van der Waals surface area contributed by atoms with E-state index < -0.39 is 15.6 Å². The first-order valence-corrected chi connectivity index (χ1v) is 12.7. The van der Waals surface area contributed by atoms with Gasteiger partial charge in [-0.2, -0.15) is 0 Å². The van der Waals surface area contributed by atoms with Crippen LogP contribution in [-0.4, -0.2) is 47.8 Å². The quantitative estimate of drug-likeness (QED) is 0.437. The van der Waals surface area contributed by atoms with Gasteiger partial charge in [0.25, 0.3) is 5.91 Å². The van der Waals surface area contributed by atoms with Crippen LogP contribution in [0.5, 0.6) is 5.75 Å². The number of nitrogens with zero attached hydrogens (tertiary/aromatic N) is 4. The Bertz CT molecular complexity index is 1580. The number of para-hydroxylation sites is 1. The molecule has 35 heavy (non-hydrogen) atoms. The van der Waals surface area contributed by atoms with Gasteiger partial charge in [-0.3, -0.25) is 9.10 Å². The van der Waals surface area contributed by atoms with Crippen molar-refractivity contribution in [3.8, 4) is 17.0 Å². The molecule has 0 aliphatic carbocycles. The molecule has 0 saturated heterocycles. The van der Waals surface area contributed by atoms with Crippen LogP contribution < -0.4 is 19.7 Å². The lowest BCUT2D eigenvalue weighted by Crippen LogP contribution is -2.45. The van der Waals surface area contributed by atoms with E-state index in [1.54, 1.807) is 48.8 Å². The number of amides is 1. The van der Waals surface area contributed by atoms with Gasteiger partial charge in [0.15, 0.2) is 5.60 Å². The van der Waals surface area contributed by atoms with Crippen molar-refractivity contribution in [2.45, 2.75) is 19.4 Å². The van der Waals surface area contributed by atoms with Crippen molar-refractivity contribution in [2.75, 3.05) is 28.2 Å². The van der Waals surface area contributed by atoms with E-state index in [1.807, 2.05) is 30.3 Å². The molecule has 0 unspecified atom stereocenters. The number of carbonyl (C=O) groups is 1. The van der Waals surface area contributed by atoms with Gasteiger partial charge in [-0.25, -0.2) is 17.9 Å². The lowest BCUT2D eigenvalue weighted by Gasteiger charge is -2.31. The molecule has 0 fully saturated rings. The predicted octanol–water partition coefficient (Wildman–Crippen LogP) is 3.65. The van der Waals surface area contributed by atoms with Gasteiger partial charge in [-0.15, -0.1) is 5.10 Å². The number of rotatable bonds is 5. The van der Waals surface area contributed by atoms with Gasteiger partial charge in [-0.1, -0.05) is 18.2 Å². The normalized spacial score (nSPS) is 14.7. The largest absolute Gasteiger partial charge is 0.476 e. The molecule has 5 rings (SSSR count). The topological polar surface area (TPSA) is 118 Å². The minimum Gasteiger partial charge on any atom is -0.476 e. The van der Waals surface area contributed by atoms with Gasteiger partial charge in [0.05, 0.1) is 35.0 Å². The van der Waals surface area contributed by atoms with Crippen LogP contribution in [-0.2, 0) is 14.8 Å². The van der Waals surface area contributed by atoms with Crippen molar-refractivity contribution in [1.29, 1.82) is 0 Å². The van der Waals surface area contributed by atoms with Gasteiger partial charge in [0, 0.05) is 18.3 Å². The fraction of sp³-hybridized carbons (Fsp3) is 0.208. The molecule has 180 valence electrons. The van der Waals surface area contributed by atoms with Crippen LogP contribution in [0.3, 0.4) is 0 Å². The molecule has 3 heterocycles. The average Bonchev–Trinajstić information content (AvgIpc) is 3.22. The van der Waals surface area contributed by atoms with Crippen LogP contribution >= 0.6 is 0 Å². The molecule has 0 radical (unpaired) electrons. The number of nitrogens with one attached hydrogen (secondary N) is 2. The minimum atomic E-state index is -3.45. The molecule has 0 atom stereocenters. The number of aromatic nitrogens is 3. The maximum absolute atomic E-state index is 12.2. The zero-order valence-corrected chi connectivity index (χ0v) is 20.4. The average molecular weight is 493 g/mol. The summed E-state index contributed by atoms with van der Waals surface area (Å²) in [6, 6.07) is 16.3. The summed E-state index contributed by atoms with van der Waals surface area (Å²) < 4.78 is 33.1. The molecule has 11 heteroatoms. The molecule has 10 nitrogen and oxygen atoms in total. The van der Waals surface area contributed by atoms with Crippen LogP contribution in [0, 0.1) is 0 Å². The lowest BCUT2D eigenvalue weighted by atomic mass is 10.1. The number of hydrogen-bond donors (Lipinski definition) is 2. The molecule has 1 amide bonds. The van der Waals surface area contributed by atoms with Crippen LogP contribution in [0.2, 0.25) is 0 Å². The summed E-state index contributed by atoms with van der Waals surface area (Å²) in [5, 5.41) is 10.6. The highest BCUT2D eigenvalue weighted by atomic mass is 32.2. The third-order valence-electron chi connectivity index (χ3n) is 5.81. The zero-order chi connectivity index (χ0) is 25.0. The third kappa shape index (κ3) is 4.14. The monoisotopic (exact) mass is 492 g/mol. The number of benzene rings is 2. The van der Waals surface area contributed by atoms with Gasteiger partial charge >= 0.3 is 0 Å². The number of fused-ring (bicyclic) bond motifs is 2. The van der Waals surface area contributed by atoms with Gasteiger partial charge in [0.2, 0.25) is 16.0 Å². The van der Waals surface area contributed by atoms with Crippen molar-refractivity contribution in [1.82, 2.24) is 14.6 Å². The maximum atomic E-state index is 12.2. The second-order valence-electron chi connectivity index (χ2n) is 8.79. The van der Waals surface area contributed by atoms with Crippen LogP contribution in [0.1, 0.15) is 13.8 Å². The Balaban J connectivity index is 1.50. The molecular formula is C24H24N6O4S. The van der Waals surface area contributed by atoms with Crippen molar-refractivity contribution in [3.63, 3.8) is 0 Å².